The molecule has 3 N–H and O–H groups in total. The van der Waals surface area contributed by atoms with Crippen LogP contribution in [0, 0.1) is 0 Å². The van der Waals surface area contributed by atoms with Gasteiger partial charge >= 0.3 is 0 Å². The molecule has 0 radical (unpaired) electrons. The van der Waals surface area contributed by atoms with Crippen molar-refractivity contribution in [3.8, 4) is 5.75 Å². The van der Waals surface area contributed by atoms with Crippen molar-refractivity contribution in [3.05, 3.63) is 59.7 Å². The molecule has 8 heteroatoms. The lowest BCUT2D eigenvalue weighted by atomic mass is 10.1. The molecule has 1 atom stereocenters. The minimum Gasteiger partial charge on any atom is -0.491 e. The number of anilines is 1. The highest BCUT2D eigenvalue weighted by Gasteiger charge is 2.10. The summed E-state index contributed by atoms with van der Waals surface area (Å²) < 4.78 is 10.4. The maximum Gasteiger partial charge on any atom is 0.257 e. The van der Waals surface area contributed by atoms with Crippen molar-refractivity contribution < 1.29 is 19.1 Å². The lowest BCUT2D eigenvalue weighted by molar-refractivity contribution is 0.0937. The van der Waals surface area contributed by atoms with E-state index in [1.54, 1.807) is 55.6 Å². The largest absolute Gasteiger partial charge is 0.491 e. The van der Waals surface area contributed by atoms with Crippen LogP contribution >= 0.6 is 12.2 Å². The van der Waals surface area contributed by atoms with Crippen molar-refractivity contribution in [1.29, 1.82) is 0 Å². The summed E-state index contributed by atoms with van der Waals surface area (Å²) in [6.07, 6.45) is 0.864. The molecule has 0 aliphatic carbocycles. The molecule has 0 fully saturated rings. The molecule has 0 aliphatic heterocycles. The third kappa shape index (κ3) is 7.46. The van der Waals surface area contributed by atoms with Gasteiger partial charge in [-0.2, -0.15) is 0 Å². The molecule has 2 aromatic rings. The molecule has 0 heterocycles. The summed E-state index contributed by atoms with van der Waals surface area (Å²) in [5.41, 5.74) is 1.68. The first-order valence-corrected chi connectivity index (χ1v) is 10.1. The zero-order chi connectivity index (χ0) is 21.9. The quantitative estimate of drug-likeness (QED) is 0.418. The van der Waals surface area contributed by atoms with Crippen molar-refractivity contribution in [2.24, 2.45) is 0 Å². The standard InChI is InChI=1S/C22H27N3O4S/c1-4-15(2)23-20(26)16-5-9-18(10-6-16)24-22(30)25-21(27)17-7-11-19(12-8-17)29-14-13-28-3/h5-12,15H,4,13-14H2,1-3H3,(H,23,26)(H2,24,25,27,30). The number of rotatable bonds is 9. The van der Waals surface area contributed by atoms with Crippen molar-refractivity contribution >= 4 is 34.8 Å². The zero-order valence-corrected chi connectivity index (χ0v) is 18.2. The van der Waals surface area contributed by atoms with Crippen LogP contribution in [0.4, 0.5) is 5.69 Å². The molecular formula is C22H27N3O4S. The average molecular weight is 430 g/mol. The number of carbonyl (C=O) groups is 2. The Kier molecular flexibility index (Phi) is 9.24. The molecule has 2 aromatic carbocycles. The van der Waals surface area contributed by atoms with E-state index in [0.717, 1.165) is 6.42 Å². The Hall–Kier alpha value is -2.97. The predicted molar refractivity (Wildman–Crippen MR) is 121 cm³/mol. The number of hydrogen-bond donors (Lipinski definition) is 3. The second kappa shape index (κ2) is 11.9. The lowest BCUT2D eigenvalue weighted by Gasteiger charge is -2.12. The minimum absolute atomic E-state index is 0.115. The van der Waals surface area contributed by atoms with Crippen molar-refractivity contribution in [2.45, 2.75) is 26.3 Å². The van der Waals surface area contributed by atoms with E-state index in [9.17, 15) is 9.59 Å². The Labute approximate surface area is 182 Å². The van der Waals surface area contributed by atoms with E-state index in [1.807, 2.05) is 13.8 Å². The number of methoxy groups -OCH3 is 1. The number of hydrogen-bond acceptors (Lipinski definition) is 5. The van der Waals surface area contributed by atoms with E-state index in [1.165, 1.54) is 0 Å². The van der Waals surface area contributed by atoms with Crippen LogP contribution in [0.5, 0.6) is 5.75 Å². The SMILES string of the molecule is CCC(C)NC(=O)c1ccc(NC(=S)NC(=O)c2ccc(OCCOC)cc2)cc1. The molecule has 2 amide bonds. The van der Waals surface area contributed by atoms with E-state index < -0.39 is 0 Å². The maximum absolute atomic E-state index is 12.3. The summed E-state index contributed by atoms with van der Waals surface area (Å²) in [6.45, 7) is 4.90. The molecule has 7 nitrogen and oxygen atoms in total. The van der Waals surface area contributed by atoms with Crippen molar-refractivity contribution in [3.63, 3.8) is 0 Å². The fourth-order valence-electron chi connectivity index (χ4n) is 2.40. The molecule has 0 bridgehead atoms. The molecule has 0 aromatic heterocycles. The van der Waals surface area contributed by atoms with Gasteiger partial charge in [0.15, 0.2) is 5.11 Å². The molecule has 2 rings (SSSR count). The second-order valence-corrected chi connectivity index (χ2v) is 7.04. The monoisotopic (exact) mass is 429 g/mol. The van der Waals surface area contributed by atoms with Crippen LogP contribution in [0.15, 0.2) is 48.5 Å². The molecule has 30 heavy (non-hydrogen) atoms. The Morgan fingerprint density at radius 3 is 2.17 bits per heavy atom. The van der Waals surface area contributed by atoms with Crippen molar-refractivity contribution in [1.82, 2.24) is 10.6 Å². The molecular weight excluding hydrogens is 402 g/mol. The molecule has 0 aliphatic rings. The Morgan fingerprint density at radius 2 is 1.57 bits per heavy atom. The summed E-state index contributed by atoms with van der Waals surface area (Å²) >= 11 is 5.20. The lowest BCUT2D eigenvalue weighted by Crippen LogP contribution is -2.34. The number of thiocarbonyl (C=S) groups is 1. The molecule has 1 unspecified atom stereocenters. The zero-order valence-electron chi connectivity index (χ0n) is 17.4. The van der Waals surface area contributed by atoms with Crippen LogP contribution in [0.3, 0.4) is 0 Å². The first-order chi connectivity index (χ1) is 14.4. The summed E-state index contributed by atoms with van der Waals surface area (Å²) in [6, 6.07) is 13.7. The number of carbonyl (C=O) groups excluding carboxylic acids is 2. The average Bonchev–Trinajstić information content (AvgIpc) is 2.74. The smallest absolute Gasteiger partial charge is 0.257 e. The summed E-state index contributed by atoms with van der Waals surface area (Å²) in [7, 11) is 1.60. The van der Waals surface area contributed by atoms with Crippen LogP contribution in [-0.2, 0) is 4.74 Å². The van der Waals surface area contributed by atoms with Gasteiger partial charge in [0, 0.05) is 30.0 Å². The highest BCUT2D eigenvalue weighted by atomic mass is 32.1. The minimum atomic E-state index is -0.333. The molecule has 0 spiro atoms. The number of ether oxygens (including phenoxy) is 2. The normalized spacial score (nSPS) is 11.3. The van der Waals surface area contributed by atoms with Crippen LogP contribution in [0.25, 0.3) is 0 Å². The first kappa shape index (κ1) is 23.3. The number of amides is 2. The van der Waals surface area contributed by atoms with Crippen LogP contribution in [0.2, 0.25) is 0 Å². The van der Waals surface area contributed by atoms with E-state index in [2.05, 4.69) is 16.0 Å². The van der Waals surface area contributed by atoms with E-state index in [0.29, 0.717) is 35.8 Å². The fraction of sp³-hybridized carbons (Fsp3) is 0.318. The Balaban J connectivity index is 1.86. The summed E-state index contributed by atoms with van der Waals surface area (Å²) in [5, 5.41) is 8.64. The highest BCUT2D eigenvalue weighted by Crippen LogP contribution is 2.13. The van der Waals surface area contributed by atoms with E-state index >= 15 is 0 Å². The van der Waals surface area contributed by atoms with Gasteiger partial charge in [0.05, 0.1) is 6.61 Å². The van der Waals surface area contributed by atoms with Gasteiger partial charge in [0.2, 0.25) is 0 Å². The molecule has 0 saturated carbocycles. The van der Waals surface area contributed by atoms with Gasteiger partial charge < -0.3 is 20.1 Å². The van der Waals surface area contributed by atoms with Gasteiger partial charge in [-0.3, -0.25) is 14.9 Å². The molecule has 0 saturated heterocycles. The Morgan fingerprint density at radius 1 is 0.967 bits per heavy atom. The topological polar surface area (TPSA) is 88.7 Å². The third-order valence-electron chi connectivity index (χ3n) is 4.29. The third-order valence-corrected chi connectivity index (χ3v) is 4.50. The van der Waals surface area contributed by atoms with Gasteiger partial charge in [-0.15, -0.1) is 0 Å². The molecule has 160 valence electrons. The van der Waals surface area contributed by atoms with E-state index in [-0.39, 0.29) is 23.0 Å². The van der Waals surface area contributed by atoms with Gasteiger partial charge in [0.25, 0.3) is 11.8 Å². The number of nitrogens with one attached hydrogen (secondary N) is 3. The predicted octanol–water partition coefficient (Wildman–Crippen LogP) is 3.37. The number of benzene rings is 2. The van der Waals surface area contributed by atoms with Gasteiger partial charge in [-0.25, -0.2) is 0 Å². The first-order valence-electron chi connectivity index (χ1n) is 9.68. The Bertz CT molecular complexity index is 854. The van der Waals surface area contributed by atoms with Crippen LogP contribution in [0.1, 0.15) is 41.0 Å². The van der Waals surface area contributed by atoms with Gasteiger partial charge in [-0.05, 0) is 74.1 Å². The van der Waals surface area contributed by atoms with Crippen LogP contribution in [-0.4, -0.2) is 43.3 Å². The summed E-state index contributed by atoms with van der Waals surface area (Å²) in [5.74, 6) is 0.198. The fourth-order valence-corrected chi connectivity index (χ4v) is 2.61. The summed E-state index contributed by atoms with van der Waals surface area (Å²) in [4.78, 5) is 24.5. The van der Waals surface area contributed by atoms with Crippen LogP contribution < -0.4 is 20.7 Å². The maximum atomic E-state index is 12.3. The van der Waals surface area contributed by atoms with Crippen molar-refractivity contribution in [2.75, 3.05) is 25.6 Å². The van der Waals surface area contributed by atoms with E-state index in [4.69, 9.17) is 21.7 Å². The van der Waals surface area contributed by atoms with Gasteiger partial charge in [0.1, 0.15) is 12.4 Å². The second-order valence-electron chi connectivity index (χ2n) is 6.63. The highest BCUT2D eigenvalue weighted by molar-refractivity contribution is 7.80. The van der Waals surface area contributed by atoms with Gasteiger partial charge in [-0.1, -0.05) is 6.92 Å².